The van der Waals surface area contributed by atoms with E-state index in [1.807, 2.05) is 0 Å². The highest BCUT2D eigenvalue weighted by molar-refractivity contribution is 7.17. The summed E-state index contributed by atoms with van der Waals surface area (Å²) in [5, 5.41) is 11.4. The molecule has 4 rings (SSSR count). The van der Waals surface area contributed by atoms with Crippen molar-refractivity contribution in [3.8, 4) is 5.75 Å². The van der Waals surface area contributed by atoms with E-state index in [-0.39, 0.29) is 27.9 Å². The quantitative estimate of drug-likeness (QED) is 0.140. The van der Waals surface area contributed by atoms with E-state index in [1.165, 1.54) is 11.1 Å². The van der Waals surface area contributed by atoms with Crippen LogP contribution in [0.2, 0.25) is 0 Å². The Morgan fingerprint density at radius 3 is 2.57 bits per heavy atom. The van der Waals surface area contributed by atoms with Crippen molar-refractivity contribution in [3.05, 3.63) is 76.1 Å². The molecule has 37 heavy (non-hydrogen) atoms. The summed E-state index contributed by atoms with van der Waals surface area (Å²) in [6, 6.07) is 9.07. The minimum atomic E-state index is -0.991. The van der Waals surface area contributed by atoms with Crippen LogP contribution in [-0.4, -0.2) is 45.9 Å². The number of aromatic nitrogens is 2. The summed E-state index contributed by atoms with van der Waals surface area (Å²) >= 11 is 0.956. The van der Waals surface area contributed by atoms with Crippen molar-refractivity contribution >= 4 is 39.9 Å². The van der Waals surface area contributed by atoms with E-state index in [9.17, 15) is 19.5 Å². The number of hydrogen-bond donors (Lipinski definition) is 1. The van der Waals surface area contributed by atoms with Gasteiger partial charge in [0.1, 0.15) is 16.4 Å². The maximum Gasteiger partial charge on any atom is 0.350 e. The minimum absolute atomic E-state index is 0.0943. The van der Waals surface area contributed by atoms with Crippen LogP contribution < -0.4 is 9.64 Å². The van der Waals surface area contributed by atoms with Crippen LogP contribution in [0.25, 0.3) is 5.76 Å². The molecule has 1 atom stereocenters. The number of anilines is 1. The number of benzene rings is 1. The third kappa shape index (κ3) is 5.24. The summed E-state index contributed by atoms with van der Waals surface area (Å²) < 4.78 is 10.8. The van der Waals surface area contributed by atoms with Gasteiger partial charge in [0.05, 0.1) is 30.5 Å². The van der Waals surface area contributed by atoms with Crippen LogP contribution in [0.1, 0.15) is 59.2 Å². The van der Waals surface area contributed by atoms with Crippen molar-refractivity contribution in [3.63, 3.8) is 0 Å². The summed E-state index contributed by atoms with van der Waals surface area (Å²) in [7, 11) is 0. The molecule has 0 bridgehead atoms. The monoisotopic (exact) mass is 521 g/mol. The molecule has 10 heteroatoms. The summed E-state index contributed by atoms with van der Waals surface area (Å²) in [5.41, 5.74) is 1.15. The van der Waals surface area contributed by atoms with Gasteiger partial charge in [0.15, 0.2) is 5.13 Å². The summed E-state index contributed by atoms with van der Waals surface area (Å²) in [4.78, 5) is 48.9. The molecule has 0 spiro atoms. The summed E-state index contributed by atoms with van der Waals surface area (Å²) in [5.74, 6) is -1.97. The lowest BCUT2D eigenvalue weighted by Crippen LogP contribution is -2.29. The van der Waals surface area contributed by atoms with E-state index in [0.717, 1.165) is 24.2 Å². The molecule has 1 aromatic carbocycles. The number of Topliss-reactive ketones (excluding diaryl/α,β-unsaturated/α-hetero) is 1. The van der Waals surface area contributed by atoms with Gasteiger partial charge in [-0.3, -0.25) is 19.5 Å². The van der Waals surface area contributed by atoms with Gasteiger partial charge in [-0.1, -0.05) is 30.7 Å². The first-order chi connectivity index (χ1) is 17.9. The van der Waals surface area contributed by atoms with Gasteiger partial charge in [0.25, 0.3) is 5.78 Å². The molecule has 1 saturated heterocycles. The van der Waals surface area contributed by atoms with Crippen LogP contribution >= 0.6 is 11.3 Å². The third-order valence-corrected chi connectivity index (χ3v) is 6.93. The Balaban J connectivity index is 1.78. The largest absolute Gasteiger partial charge is 0.507 e. The zero-order valence-electron chi connectivity index (χ0n) is 20.8. The van der Waals surface area contributed by atoms with Crippen LogP contribution in [0.15, 0.2) is 54.4 Å². The van der Waals surface area contributed by atoms with E-state index in [2.05, 4.69) is 16.9 Å². The van der Waals surface area contributed by atoms with Crippen molar-refractivity contribution in [2.45, 2.75) is 39.7 Å². The number of unbranched alkanes of at least 4 members (excludes halogenated alkanes) is 1. The Morgan fingerprint density at radius 1 is 1.16 bits per heavy atom. The lowest BCUT2D eigenvalue weighted by molar-refractivity contribution is -0.132. The predicted molar refractivity (Wildman–Crippen MR) is 139 cm³/mol. The number of aliphatic hydroxyl groups is 1. The van der Waals surface area contributed by atoms with Crippen molar-refractivity contribution in [2.75, 3.05) is 18.1 Å². The normalized spacial score (nSPS) is 16.7. The lowest BCUT2D eigenvalue weighted by atomic mass is 9.96. The van der Waals surface area contributed by atoms with Crippen molar-refractivity contribution in [1.29, 1.82) is 0 Å². The fourth-order valence-corrected chi connectivity index (χ4v) is 4.94. The molecule has 1 fully saturated rings. The zero-order chi connectivity index (χ0) is 26.5. The molecular weight excluding hydrogens is 494 g/mol. The highest BCUT2D eigenvalue weighted by Gasteiger charge is 2.48. The maximum atomic E-state index is 13.3. The Labute approximate surface area is 218 Å². The number of ether oxygens (including phenoxy) is 2. The smallest absolute Gasteiger partial charge is 0.350 e. The molecule has 0 radical (unpaired) electrons. The van der Waals surface area contributed by atoms with Gasteiger partial charge in [-0.25, -0.2) is 9.78 Å². The van der Waals surface area contributed by atoms with E-state index in [4.69, 9.17) is 9.47 Å². The second kappa shape index (κ2) is 11.3. The first kappa shape index (κ1) is 26.0. The highest BCUT2D eigenvalue weighted by Crippen LogP contribution is 2.43. The van der Waals surface area contributed by atoms with E-state index < -0.39 is 23.7 Å². The highest BCUT2D eigenvalue weighted by atomic mass is 32.1. The van der Waals surface area contributed by atoms with Crippen molar-refractivity contribution in [1.82, 2.24) is 9.97 Å². The zero-order valence-corrected chi connectivity index (χ0v) is 21.6. The van der Waals surface area contributed by atoms with Crippen LogP contribution in [0, 0.1) is 6.92 Å². The number of aryl methyl sites for hydroxylation is 1. The number of hydrogen-bond acceptors (Lipinski definition) is 9. The van der Waals surface area contributed by atoms with Crippen LogP contribution in [0.4, 0.5) is 5.13 Å². The molecule has 3 aromatic rings. The molecule has 9 nitrogen and oxygen atoms in total. The number of esters is 1. The maximum absolute atomic E-state index is 13.3. The fraction of sp³-hybridized carbons (Fsp3) is 0.296. The molecule has 3 heterocycles. The molecule has 1 amide bonds. The molecule has 192 valence electrons. The number of pyridine rings is 1. The molecule has 0 saturated carbocycles. The number of ketones is 1. The Morgan fingerprint density at radius 2 is 1.92 bits per heavy atom. The van der Waals surface area contributed by atoms with Gasteiger partial charge in [-0.05, 0) is 56.2 Å². The number of carbonyl (C=O) groups is 3. The average molecular weight is 522 g/mol. The molecule has 1 aliphatic heterocycles. The van der Waals surface area contributed by atoms with Crippen molar-refractivity contribution < 1.29 is 29.0 Å². The fourth-order valence-electron chi connectivity index (χ4n) is 3.95. The Bertz CT molecular complexity index is 1330. The van der Waals surface area contributed by atoms with Crippen LogP contribution in [0.3, 0.4) is 0 Å². The number of carbonyl (C=O) groups excluding carboxylic acids is 3. The number of rotatable bonds is 9. The van der Waals surface area contributed by atoms with Gasteiger partial charge >= 0.3 is 11.9 Å². The number of aliphatic hydroxyl groups excluding tert-OH is 1. The topological polar surface area (TPSA) is 119 Å². The second-order valence-corrected chi connectivity index (χ2v) is 9.29. The Kier molecular flexibility index (Phi) is 7.98. The third-order valence-electron chi connectivity index (χ3n) is 5.79. The molecule has 0 aliphatic carbocycles. The first-order valence-corrected chi connectivity index (χ1v) is 12.8. The van der Waals surface area contributed by atoms with E-state index >= 15 is 0 Å². The van der Waals surface area contributed by atoms with E-state index in [0.29, 0.717) is 29.2 Å². The SMILES string of the molecule is CCCCOc1ccc(/C(O)=C2\C(=O)C(=O)N(c3nc(C)c(C(=O)OCC)s3)C2c2cccnc2)cc1. The number of amides is 1. The molecule has 1 aliphatic rings. The van der Waals surface area contributed by atoms with Crippen LogP contribution in [0.5, 0.6) is 5.75 Å². The predicted octanol–water partition coefficient (Wildman–Crippen LogP) is 4.83. The molecular formula is C27H27N3O6S. The summed E-state index contributed by atoms with van der Waals surface area (Å²) in [6.07, 6.45) is 5.02. The van der Waals surface area contributed by atoms with Gasteiger partial charge in [0, 0.05) is 18.0 Å². The minimum Gasteiger partial charge on any atom is -0.507 e. The molecule has 1 N–H and O–H groups in total. The van der Waals surface area contributed by atoms with Gasteiger partial charge < -0.3 is 14.6 Å². The number of thiazole rings is 1. The summed E-state index contributed by atoms with van der Waals surface area (Å²) in [6.45, 7) is 6.17. The van der Waals surface area contributed by atoms with Gasteiger partial charge in [-0.15, -0.1) is 0 Å². The standard InChI is InChI=1S/C27H27N3O6S/c1-4-6-14-36-19-11-9-17(10-12-19)22(31)20-21(18-8-7-13-28-15-18)30(25(33)23(20)32)27-29-16(3)24(37-27)26(34)35-5-2/h7-13,15,21,31H,4-6,14H2,1-3H3/b22-20+. The van der Waals surface area contributed by atoms with Gasteiger partial charge in [-0.2, -0.15) is 0 Å². The van der Waals surface area contributed by atoms with E-state index in [1.54, 1.807) is 56.4 Å². The molecule has 2 aromatic heterocycles. The Hall–Kier alpha value is -4.05. The number of nitrogens with zero attached hydrogens (tertiary/aromatic N) is 3. The molecule has 1 unspecified atom stereocenters. The van der Waals surface area contributed by atoms with Crippen LogP contribution in [-0.2, 0) is 14.3 Å². The first-order valence-electron chi connectivity index (χ1n) is 12.0. The second-order valence-electron chi connectivity index (χ2n) is 8.31. The van der Waals surface area contributed by atoms with Gasteiger partial charge in [0.2, 0.25) is 0 Å². The lowest BCUT2D eigenvalue weighted by Gasteiger charge is -2.22. The average Bonchev–Trinajstić information content (AvgIpc) is 3.41. The van der Waals surface area contributed by atoms with Crippen molar-refractivity contribution in [2.24, 2.45) is 0 Å².